The Hall–Kier alpha value is -4.55. The van der Waals surface area contributed by atoms with E-state index in [4.69, 9.17) is 0 Å². The Bertz CT molecular complexity index is 1890. The molecule has 0 saturated carbocycles. The lowest BCUT2D eigenvalue weighted by Crippen LogP contribution is -2.23. The lowest BCUT2D eigenvalue weighted by molar-refractivity contribution is -0.113. The van der Waals surface area contributed by atoms with Crippen LogP contribution in [0.4, 0.5) is 11.6 Å². The van der Waals surface area contributed by atoms with E-state index in [2.05, 4.69) is 25.0 Å². The summed E-state index contributed by atoms with van der Waals surface area (Å²) in [6.45, 7) is 3.67. The summed E-state index contributed by atoms with van der Waals surface area (Å²) in [5, 5.41) is 3.62. The quantitative estimate of drug-likeness (QED) is 0.207. The molecule has 0 fully saturated rings. The van der Waals surface area contributed by atoms with Gasteiger partial charge in [-0.1, -0.05) is 36.0 Å². The SMILES string of the molecule is Cc1cccc(-n2c(SCC(=O)Nc3ccc(S(=O)(=O)Nc4nccc(C)n4)cc3)nc3ccccc3c2=O)c1. The van der Waals surface area contributed by atoms with Gasteiger partial charge in [-0.2, -0.15) is 0 Å². The normalized spacial score (nSPS) is 11.3. The number of amides is 1. The highest BCUT2D eigenvalue weighted by molar-refractivity contribution is 7.99. The second kappa shape index (κ2) is 11.3. The lowest BCUT2D eigenvalue weighted by Gasteiger charge is -2.14. The van der Waals surface area contributed by atoms with Gasteiger partial charge in [-0.15, -0.1) is 0 Å². The van der Waals surface area contributed by atoms with Gasteiger partial charge in [0.2, 0.25) is 11.9 Å². The summed E-state index contributed by atoms with van der Waals surface area (Å²) in [5.74, 6) is -0.394. The summed E-state index contributed by atoms with van der Waals surface area (Å²) < 4.78 is 29.2. The van der Waals surface area contributed by atoms with E-state index in [0.717, 1.165) is 17.3 Å². The number of aromatic nitrogens is 4. The van der Waals surface area contributed by atoms with Crippen molar-refractivity contribution in [3.63, 3.8) is 0 Å². The standard InChI is InChI=1S/C28H24N6O4S2/c1-18-6-5-7-21(16-18)34-26(36)23-8-3-4-9-24(23)32-28(34)39-17-25(35)31-20-10-12-22(13-11-20)40(37,38)33-27-29-15-14-19(2)30-27/h3-16H,17H2,1-2H3,(H,31,35)(H,29,30,33). The van der Waals surface area contributed by atoms with Gasteiger partial charge in [-0.3, -0.25) is 14.2 Å². The summed E-state index contributed by atoms with van der Waals surface area (Å²) in [6, 6.07) is 22.0. The molecule has 2 heterocycles. The third-order valence-corrected chi connectivity index (χ3v) is 8.09. The number of benzene rings is 3. The van der Waals surface area contributed by atoms with E-state index in [1.807, 2.05) is 31.2 Å². The Balaban J connectivity index is 1.31. The average Bonchev–Trinajstić information content (AvgIpc) is 2.92. The Labute approximate surface area is 234 Å². The molecule has 1 amide bonds. The fourth-order valence-electron chi connectivity index (χ4n) is 3.93. The van der Waals surface area contributed by atoms with Crippen LogP contribution in [-0.4, -0.2) is 39.6 Å². The minimum Gasteiger partial charge on any atom is -0.325 e. The maximum atomic E-state index is 13.4. The number of aryl methyl sites for hydroxylation is 2. The van der Waals surface area contributed by atoms with Gasteiger partial charge in [0.1, 0.15) is 0 Å². The average molecular weight is 573 g/mol. The third-order valence-electron chi connectivity index (χ3n) is 5.81. The molecule has 5 aromatic rings. The monoisotopic (exact) mass is 572 g/mol. The fraction of sp³-hybridized carbons (Fsp3) is 0.107. The van der Waals surface area contributed by atoms with E-state index in [1.165, 1.54) is 35.0 Å². The molecule has 0 saturated heterocycles. The summed E-state index contributed by atoms with van der Waals surface area (Å²) >= 11 is 1.13. The number of hydrogen-bond acceptors (Lipinski definition) is 8. The van der Waals surface area contributed by atoms with E-state index in [9.17, 15) is 18.0 Å². The van der Waals surface area contributed by atoms with Gasteiger partial charge in [0, 0.05) is 17.6 Å². The maximum Gasteiger partial charge on any atom is 0.266 e. The van der Waals surface area contributed by atoms with Crippen LogP contribution < -0.4 is 15.6 Å². The van der Waals surface area contributed by atoms with Gasteiger partial charge >= 0.3 is 0 Å². The number of sulfonamides is 1. The Morgan fingerprint density at radius 3 is 2.48 bits per heavy atom. The predicted octanol–water partition coefficient (Wildman–Crippen LogP) is 4.32. The molecule has 40 heavy (non-hydrogen) atoms. The van der Waals surface area contributed by atoms with Crippen molar-refractivity contribution in [2.24, 2.45) is 0 Å². The molecular weight excluding hydrogens is 548 g/mol. The fourth-order valence-corrected chi connectivity index (χ4v) is 5.69. The predicted molar refractivity (Wildman–Crippen MR) is 155 cm³/mol. The van der Waals surface area contributed by atoms with Crippen molar-refractivity contribution in [2.45, 2.75) is 23.9 Å². The molecule has 0 bridgehead atoms. The first-order valence-electron chi connectivity index (χ1n) is 12.1. The molecule has 10 nitrogen and oxygen atoms in total. The number of para-hydroxylation sites is 1. The van der Waals surface area contributed by atoms with E-state index < -0.39 is 10.0 Å². The van der Waals surface area contributed by atoms with E-state index in [1.54, 1.807) is 37.3 Å². The van der Waals surface area contributed by atoms with Crippen molar-refractivity contribution < 1.29 is 13.2 Å². The summed E-state index contributed by atoms with van der Waals surface area (Å²) in [6.07, 6.45) is 1.46. The Kier molecular flexibility index (Phi) is 7.63. The van der Waals surface area contributed by atoms with Crippen LogP contribution in [0, 0.1) is 13.8 Å². The van der Waals surface area contributed by atoms with Gasteiger partial charge in [-0.25, -0.2) is 28.1 Å². The van der Waals surface area contributed by atoms with E-state index in [-0.39, 0.29) is 28.1 Å². The number of carbonyl (C=O) groups is 1. The molecule has 0 aliphatic rings. The topological polar surface area (TPSA) is 136 Å². The van der Waals surface area contributed by atoms with Crippen molar-refractivity contribution in [3.05, 3.63) is 107 Å². The number of nitrogens with one attached hydrogen (secondary N) is 2. The zero-order valence-corrected chi connectivity index (χ0v) is 23.2. The number of nitrogens with zero attached hydrogens (tertiary/aromatic N) is 4. The molecule has 202 valence electrons. The van der Waals surface area contributed by atoms with Crippen molar-refractivity contribution in [1.82, 2.24) is 19.5 Å². The number of carbonyl (C=O) groups excluding carboxylic acids is 1. The van der Waals surface area contributed by atoms with Crippen LogP contribution in [0.15, 0.2) is 99.9 Å². The number of fused-ring (bicyclic) bond motifs is 1. The zero-order chi connectivity index (χ0) is 28.3. The zero-order valence-electron chi connectivity index (χ0n) is 21.5. The molecule has 0 radical (unpaired) electrons. The first-order chi connectivity index (χ1) is 19.2. The highest BCUT2D eigenvalue weighted by Gasteiger charge is 2.17. The Morgan fingerprint density at radius 1 is 0.950 bits per heavy atom. The van der Waals surface area contributed by atoms with Crippen LogP contribution in [0.5, 0.6) is 0 Å². The van der Waals surface area contributed by atoms with Crippen LogP contribution in [0.25, 0.3) is 16.6 Å². The number of anilines is 2. The van der Waals surface area contributed by atoms with Gasteiger partial charge < -0.3 is 5.32 Å². The van der Waals surface area contributed by atoms with Crippen molar-refractivity contribution >= 4 is 50.2 Å². The first-order valence-corrected chi connectivity index (χ1v) is 14.6. The van der Waals surface area contributed by atoms with Crippen molar-refractivity contribution in [3.8, 4) is 5.69 Å². The van der Waals surface area contributed by atoms with Crippen LogP contribution in [0.3, 0.4) is 0 Å². The smallest absolute Gasteiger partial charge is 0.266 e. The number of hydrogen-bond donors (Lipinski definition) is 2. The van der Waals surface area contributed by atoms with Crippen LogP contribution in [-0.2, 0) is 14.8 Å². The van der Waals surface area contributed by atoms with E-state index in [0.29, 0.717) is 33.1 Å². The van der Waals surface area contributed by atoms with Crippen molar-refractivity contribution in [1.29, 1.82) is 0 Å². The molecule has 12 heteroatoms. The highest BCUT2D eigenvalue weighted by atomic mass is 32.2. The summed E-state index contributed by atoms with van der Waals surface area (Å²) in [4.78, 5) is 38.8. The highest BCUT2D eigenvalue weighted by Crippen LogP contribution is 2.23. The molecule has 0 aliphatic heterocycles. The molecule has 2 aromatic heterocycles. The molecular formula is C28H24N6O4S2. The Morgan fingerprint density at radius 2 is 1.73 bits per heavy atom. The molecule has 3 aromatic carbocycles. The van der Waals surface area contributed by atoms with Gasteiger partial charge in [0.25, 0.3) is 15.6 Å². The van der Waals surface area contributed by atoms with Crippen LogP contribution in [0.2, 0.25) is 0 Å². The number of thioether (sulfide) groups is 1. The summed E-state index contributed by atoms with van der Waals surface area (Å²) in [5.41, 5.74) is 3.00. The van der Waals surface area contributed by atoms with Crippen LogP contribution >= 0.6 is 11.8 Å². The molecule has 0 atom stereocenters. The van der Waals surface area contributed by atoms with Gasteiger partial charge in [0.15, 0.2) is 5.16 Å². The summed E-state index contributed by atoms with van der Waals surface area (Å²) in [7, 11) is -3.91. The number of rotatable bonds is 8. The maximum absolute atomic E-state index is 13.4. The van der Waals surface area contributed by atoms with Crippen molar-refractivity contribution in [2.75, 3.05) is 15.8 Å². The van der Waals surface area contributed by atoms with E-state index >= 15 is 0 Å². The molecule has 2 N–H and O–H groups in total. The first kappa shape index (κ1) is 27.0. The largest absolute Gasteiger partial charge is 0.325 e. The molecule has 5 rings (SSSR count). The third kappa shape index (κ3) is 6.03. The van der Waals surface area contributed by atoms with Crippen LogP contribution in [0.1, 0.15) is 11.3 Å². The molecule has 0 aliphatic carbocycles. The minimum atomic E-state index is -3.91. The second-order valence-electron chi connectivity index (χ2n) is 8.88. The minimum absolute atomic E-state index is 0.00693. The molecule has 0 unspecified atom stereocenters. The van der Waals surface area contributed by atoms with Gasteiger partial charge in [-0.05, 0) is 74.0 Å². The molecule has 0 spiro atoms. The lowest BCUT2D eigenvalue weighted by atomic mass is 10.2. The second-order valence-corrected chi connectivity index (χ2v) is 11.5. The van der Waals surface area contributed by atoms with Gasteiger partial charge in [0.05, 0.1) is 27.2 Å².